The Morgan fingerprint density at radius 1 is 1.00 bits per heavy atom. The molecule has 0 spiro atoms. The van der Waals surface area contributed by atoms with Crippen molar-refractivity contribution in [2.24, 2.45) is 16.7 Å². The van der Waals surface area contributed by atoms with Crippen LogP contribution in [-0.4, -0.2) is 45.4 Å². The molecule has 6 atom stereocenters. The molecule has 0 aromatic heterocycles. The summed E-state index contributed by atoms with van der Waals surface area (Å²) in [4.78, 5) is 36.4. The van der Waals surface area contributed by atoms with Gasteiger partial charge in [-0.05, 0) is 45.4 Å². The van der Waals surface area contributed by atoms with E-state index in [0.29, 0.717) is 19.3 Å². The zero-order valence-electron chi connectivity index (χ0n) is 22.9. The van der Waals surface area contributed by atoms with Gasteiger partial charge < -0.3 is 29.2 Å². The van der Waals surface area contributed by atoms with Gasteiger partial charge in [-0.15, -0.1) is 0 Å². The van der Waals surface area contributed by atoms with E-state index in [1.165, 1.54) is 20.8 Å². The highest BCUT2D eigenvalue weighted by molar-refractivity contribution is 5.72. The molecule has 1 aromatic rings. The van der Waals surface area contributed by atoms with Crippen LogP contribution in [-0.2, 0) is 28.6 Å². The Morgan fingerprint density at radius 2 is 1.65 bits per heavy atom. The lowest BCUT2D eigenvalue weighted by Gasteiger charge is -2.59. The molecule has 9 heteroatoms. The van der Waals surface area contributed by atoms with E-state index in [2.05, 4.69) is 20.8 Å². The molecule has 9 nitrogen and oxygen atoms in total. The van der Waals surface area contributed by atoms with Gasteiger partial charge in [-0.25, -0.2) is 0 Å². The third-order valence-electron chi connectivity index (χ3n) is 9.32. The number of fused-ring (bicyclic) bond motifs is 3. The maximum atomic E-state index is 12.5. The van der Waals surface area contributed by atoms with E-state index in [-0.39, 0.29) is 34.9 Å². The molecule has 3 aliphatic rings. The van der Waals surface area contributed by atoms with Crippen molar-refractivity contribution < 1.29 is 43.5 Å². The molecule has 4 rings (SSSR count). The van der Waals surface area contributed by atoms with Crippen molar-refractivity contribution in [1.29, 1.82) is 0 Å². The minimum atomic E-state index is -1.04. The molecular formula is C28H38O9. The first-order valence-corrected chi connectivity index (χ1v) is 12.8. The number of epoxide rings is 1. The van der Waals surface area contributed by atoms with E-state index in [9.17, 15) is 24.6 Å². The molecule has 0 bridgehead atoms. The lowest BCUT2D eigenvalue weighted by Crippen LogP contribution is -2.62. The van der Waals surface area contributed by atoms with Gasteiger partial charge in [-0.1, -0.05) is 20.8 Å². The van der Waals surface area contributed by atoms with Crippen LogP contribution >= 0.6 is 0 Å². The van der Waals surface area contributed by atoms with Crippen LogP contribution in [0.3, 0.4) is 0 Å². The number of phenols is 2. The maximum Gasteiger partial charge on any atom is 0.308 e. The Bertz CT molecular complexity index is 1160. The predicted octanol–water partition coefficient (Wildman–Crippen LogP) is 4.63. The molecule has 0 amide bonds. The molecule has 1 aromatic carbocycles. The second kappa shape index (κ2) is 8.61. The van der Waals surface area contributed by atoms with Gasteiger partial charge >= 0.3 is 17.9 Å². The average Bonchev–Trinajstić information content (AvgIpc) is 3.41. The quantitative estimate of drug-likeness (QED) is 0.248. The molecular weight excluding hydrogens is 480 g/mol. The van der Waals surface area contributed by atoms with Gasteiger partial charge in [-0.2, -0.15) is 0 Å². The third-order valence-corrected chi connectivity index (χ3v) is 9.32. The van der Waals surface area contributed by atoms with Crippen LogP contribution in [0.1, 0.15) is 91.4 Å². The number of aromatic hydroxyl groups is 2. The van der Waals surface area contributed by atoms with Crippen molar-refractivity contribution in [2.45, 2.75) is 104 Å². The molecule has 2 N–H and O–H groups in total. The molecule has 204 valence electrons. The number of carbonyl (C=O) groups is 3. The molecule has 37 heavy (non-hydrogen) atoms. The Labute approximate surface area is 217 Å². The van der Waals surface area contributed by atoms with Crippen molar-refractivity contribution in [3.63, 3.8) is 0 Å². The maximum absolute atomic E-state index is 12.5. The average molecular weight is 519 g/mol. The number of benzene rings is 1. The minimum absolute atomic E-state index is 0.00245. The normalized spacial score (nSPS) is 34.4. The zero-order valence-corrected chi connectivity index (χ0v) is 22.9. The largest absolute Gasteiger partial charge is 0.504 e. The number of ether oxygens (including phenoxy) is 4. The van der Waals surface area contributed by atoms with Gasteiger partial charge in [0, 0.05) is 48.8 Å². The summed E-state index contributed by atoms with van der Waals surface area (Å²) in [5.41, 5.74) is -2.09. The minimum Gasteiger partial charge on any atom is -0.504 e. The summed E-state index contributed by atoms with van der Waals surface area (Å²) >= 11 is 0. The van der Waals surface area contributed by atoms with Gasteiger partial charge in [-0.3, -0.25) is 14.4 Å². The van der Waals surface area contributed by atoms with Crippen molar-refractivity contribution >= 4 is 17.9 Å². The molecule has 1 aliphatic heterocycles. The Kier molecular flexibility index (Phi) is 6.34. The summed E-state index contributed by atoms with van der Waals surface area (Å²) in [7, 11) is 0. The Balaban J connectivity index is 1.93. The van der Waals surface area contributed by atoms with Crippen molar-refractivity contribution in [3.05, 3.63) is 17.2 Å². The number of hydrogen-bond donors (Lipinski definition) is 2. The standard InChI is InChI=1S/C28H38O9/c1-14-22(19(34-15(2)29)13-18(32)23(14)33)24(36-17(4)31)28-26(7)11-10-21(35-16(3)30)25(5,6)20(26)9-12-27(28,8)37-28/h13,20-21,24,32-33H,9-12H2,1-8H3/t20-,21-,24-,26-,27+,28-/m0/s1. The lowest BCUT2D eigenvalue weighted by molar-refractivity contribution is -0.190. The summed E-state index contributed by atoms with van der Waals surface area (Å²) in [5, 5.41) is 21.0. The van der Waals surface area contributed by atoms with Crippen LogP contribution in [0.15, 0.2) is 6.07 Å². The van der Waals surface area contributed by atoms with Crippen LogP contribution in [0, 0.1) is 23.7 Å². The van der Waals surface area contributed by atoms with Gasteiger partial charge in [0.25, 0.3) is 0 Å². The first-order valence-electron chi connectivity index (χ1n) is 12.8. The first kappa shape index (κ1) is 27.2. The number of esters is 3. The highest BCUT2D eigenvalue weighted by Gasteiger charge is 2.84. The summed E-state index contributed by atoms with van der Waals surface area (Å²) < 4.78 is 23.9. The number of carbonyl (C=O) groups excluding carboxylic acids is 3. The SMILES string of the molecule is CC(=O)Oc1cc(O)c(O)c(C)c1[C@H](OC(C)=O)[C@@]12O[C@]1(C)CC[C@H]1C(C)(C)[C@@H](OC(C)=O)CC[C@@]12C. The summed E-state index contributed by atoms with van der Waals surface area (Å²) in [6.07, 6.45) is 1.43. The second-order valence-electron chi connectivity index (χ2n) is 11.9. The molecule has 0 unspecified atom stereocenters. The van der Waals surface area contributed by atoms with E-state index in [1.54, 1.807) is 6.92 Å². The van der Waals surface area contributed by atoms with Crippen LogP contribution < -0.4 is 4.74 Å². The second-order valence-corrected chi connectivity index (χ2v) is 11.9. The van der Waals surface area contributed by atoms with Crippen LogP contribution in [0.5, 0.6) is 17.2 Å². The van der Waals surface area contributed by atoms with Crippen LogP contribution in [0.25, 0.3) is 0 Å². The number of hydrogen-bond acceptors (Lipinski definition) is 9. The van der Waals surface area contributed by atoms with E-state index in [4.69, 9.17) is 18.9 Å². The summed E-state index contributed by atoms with van der Waals surface area (Å²) in [5.74, 6) is -2.31. The van der Waals surface area contributed by atoms with Crippen LogP contribution in [0.4, 0.5) is 0 Å². The molecule has 2 aliphatic carbocycles. The Morgan fingerprint density at radius 3 is 2.22 bits per heavy atom. The first-order chi connectivity index (χ1) is 17.0. The fourth-order valence-corrected chi connectivity index (χ4v) is 7.76. The molecule has 1 heterocycles. The number of rotatable bonds is 5. The summed E-state index contributed by atoms with van der Waals surface area (Å²) in [6.45, 7) is 13.9. The van der Waals surface area contributed by atoms with E-state index in [1.807, 2.05) is 6.92 Å². The van der Waals surface area contributed by atoms with Gasteiger partial charge in [0.2, 0.25) is 0 Å². The highest BCUT2D eigenvalue weighted by Crippen LogP contribution is 2.77. The highest BCUT2D eigenvalue weighted by atomic mass is 16.7. The fraction of sp³-hybridized carbons (Fsp3) is 0.679. The van der Waals surface area contributed by atoms with E-state index in [0.717, 1.165) is 12.5 Å². The Hall–Kier alpha value is -2.81. The van der Waals surface area contributed by atoms with Crippen LogP contribution in [0.2, 0.25) is 0 Å². The van der Waals surface area contributed by atoms with E-state index >= 15 is 0 Å². The zero-order chi connectivity index (χ0) is 27.7. The predicted molar refractivity (Wildman–Crippen MR) is 132 cm³/mol. The number of phenolic OH excluding ortho intramolecular Hbond substituents is 2. The van der Waals surface area contributed by atoms with Gasteiger partial charge in [0.05, 0.1) is 0 Å². The van der Waals surface area contributed by atoms with Gasteiger partial charge in [0.15, 0.2) is 17.6 Å². The molecule has 3 fully saturated rings. The van der Waals surface area contributed by atoms with Gasteiger partial charge in [0.1, 0.15) is 23.1 Å². The molecule has 0 radical (unpaired) electrons. The fourth-order valence-electron chi connectivity index (χ4n) is 7.76. The van der Waals surface area contributed by atoms with Crippen molar-refractivity contribution in [1.82, 2.24) is 0 Å². The molecule has 1 saturated heterocycles. The summed E-state index contributed by atoms with van der Waals surface area (Å²) in [6, 6.07) is 1.16. The lowest BCUT2D eigenvalue weighted by atomic mass is 9.44. The van der Waals surface area contributed by atoms with E-state index < -0.39 is 51.6 Å². The third kappa shape index (κ3) is 3.88. The monoisotopic (exact) mass is 518 g/mol. The topological polar surface area (TPSA) is 132 Å². The van der Waals surface area contributed by atoms with Crippen molar-refractivity contribution in [3.8, 4) is 17.2 Å². The van der Waals surface area contributed by atoms with Crippen molar-refractivity contribution in [2.75, 3.05) is 0 Å². The molecule has 2 saturated carbocycles. The smallest absolute Gasteiger partial charge is 0.308 e.